The van der Waals surface area contributed by atoms with E-state index in [4.69, 9.17) is 9.47 Å². The van der Waals surface area contributed by atoms with Crippen LogP contribution in [0.4, 0.5) is 4.39 Å². The molecule has 1 N–H and O–H groups in total. The van der Waals surface area contributed by atoms with Gasteiger partial charge in [0.05, 0.1) is 7.11 Å². The van der Waals surface area contributed by atoms with Crippen molar-refractivity contribution in [3.05, 3.63) is 59.4 Å². The molecule has 0 spiro atoms. The Kier molecular flexibility index (Phi) is 5.17. The summed E-state index contributed by atoms with van der Waals surface area (Å²) in [5.41, 5.74) is 1.54. The molecule has 4 heteroatoms. The molecule has 0 aliphatic rings. The largest absolute Gasteiger partial charge is 0.497 e. The number of nitrogens with one attached hydrogen (secondary N) is 1. The molecule has 0 fully saturated rings. The fourth-order valence-electron chi connectivity index (χ4n) is 2.05. The van der Waals surface area contributed by atoms with Gasteiger partial charge in [-0.15, -0.1) is 0 Å². The van der Waals surface area contributed by atoms with E-state index >= 15 is 0 Å². The highest BCUT2D eigenvalue weighted by Crippen LogP contribution is 2.30. The molecule has 0 heterocycles. The molecule has 1 atom stereocenters. The van der Waals surface area contributed by atoms with Gasteiger partial charge in [0.25, 0.3) is 0 Å². The molecule has 21 heavy (non-hydrogen) atoms. The van der Waals surface area contributed by atoms with Gasteiger partial charge in [-0.25, -0.2) is 4.39 Å². The summed E-state index contributed by atoms with van der Waals surface area (Å²) < 4.78 is 24.7. The van der Waals surface area contributed by atoms with Gasteiger partial charge in [-0.1, -0.05) is 24.3 Å². The van der Waals surface area contributed by atoms with Crippen LogP contribution >= 0.6 is 0 Å². The van der Waals surface area contributed by atoms with Crippen LogP contribution in [-0.2, 0) is 6.61 Å². The molecule has 2 rings (SSSR count). The Balaban J connectivity index is 2.23. The summed E-state index contributed by atoms with van der Waals surface area (Å²) in [5.74, 6) is 1.15. The van der Waals surface area contributed by atoms with Gasteiger partial charge in [-0.3, -0.25) is 0 Å². The fourth-order valence-corrected chi connectivity index (χ4v) is 2.05. The van der Waals surface area contributed by atoms with Crippen molar-refractivity contribution in [2.75, 3.05) is 14.2 Å². The Morgan fingerprint density at radius 3 is 2.62 bits per heavy atom. The molecule has 2 aromatic rings. The topological polar surface area (TPSA) is 30.5 Å². The molecule has 0 aliphatic heterocycles. The Morgan fingerprint density at radius 2 is 1.95 bits per heavy atom. The van der Waals surface area contributed by atoms with Crippen molar-refractivity contribution in [1.29, 1.82) is 0 Å². The van der Waals surface area contributed by atoms with Crippen molar-refractivity contribution in [3.8, 4) is 11.5 Å². The van der Waals surface area contributed by atoms with Crippen LogP contribution in [-0.4, -0.2) is 14.2 Å². The lowest BCUT2D eigenvalue weighted by Crippen LogP contribution is -2.14. The van der Waals surface area contributed by atoms with E-state index in [9.17, 15) is 4.39 Å². The first kappa shape index (κ1) is 15.3. The highest BCUT2D eigenvalue weighted by Gasteiger charge is 2.12. The van der Waals surface area contributed by atoms with Gasteiger partial charge < -0.3 is 14.8 Å². The number of hydrogen-bond acceptors (Lipinski definition) is 3. The smallest absolute Gasteiger partial charge is 0.129 e. The molecular weight excluding hydrogens is 269 g/mol. The highest BCUT2D eigenvalue weighted by molar-refractivity contribution is 5.42. The second-order valence-corrected chi connectivity index (χ2v) is 4.79. The third-order valence-corrected chi connectivity index (χ3v) is 3.46. The Morgan fingerprint density at radius 1 is 1.19 bits per heavy atom. The van der Waals surface area contributed by atoms with Gasteiger partial charge in [0.15, 0.2) is 0 Å². The molecule has 3 nitrogen and oxygen atoms in total. The lowest BCUT2D eigenvalue weighted by atomic mass is 10.1. The third kappa shape index (κ3) is 3.73. The molecule has 0 saturated carbocycles. The van der Waals surface area contributed by atoms with Crippen LogP contribution in [0.2, 0.25) is 0 Å². The van der Waals surface area contributed by atoms with Gasteiger partial charge in [0, 0.05) is 23.2 Å². The summed E-state index contributed by atoms with van der Waals surface area (Å²) in [6.45, 7) is 2.22. The van der Waals surface area contributed by atoms with E-state index < -0.39 is 0 Å². The minimum absolute atomic E-state index is 0.131. The zero-order valence-electron chi connectivity index (χ0n) is 12.5. The van der Waals surface area contributed by atoms with Crippen LogP contribution in [0.5, 0.6) is 11.5 Å². The molecule has 0 aromatic heterocycles. The summed E-state index contributed by atoms with van der Waals surface area (Å²) in [7, 11) is 3.49. The molecule has 112 valence electrons. The van der Waals surface area contributed by atoms with Crippen molar-refractivity contribution in [2.45, 2.75) is 19.6 Å². The zero-order valence-corrected chi connectivity index (χ0v) is 12.5. The van der Waals surface area contributed by atoms with Gasteiger partial charge in [0.1, 0.15) is 23.9 Å². The number of methoxy groups -OCH3 is 1. The van der Waals surface area contributed by atoms with Crippen LogP contribution in [0.25, 0.3) is 0 Å². The van der Waals surface area contributed by atoms with Crippen molar-refractivity contribution in [3.63, 3.8) is 0 Å². The maximum absolute atomic E-state index is 13.6. The second-order valence-electron chi connectivity index (χ2n) is 4.79. The predicted octanol–water partition coefficient (Wildman–Crippen LogP) is 3.69. The Bertz CT molecular complexity index is 601. The molecule has 0 radical (unpaired) electrons. The lowest BCUT2D eigenvalue weighted by Gasteiger charge is -2.17. The van der Waals surface area contributed by atoms with Crippen LogP contribution < -0.4 is 14.8 Å². The van der Waals surface area contributed by atoms with Gasteiger partial charge >= 0.3 is 0 Å². The van der Waals surface area contributed by atoms with E-state index in [0.717, 1.165) is 5.56 Å². The van der Waals surface area contributed by atoms with Crippen molar-refractivity contribution in [2.24, 2.45) is 0 Å². The van der Waals surface area contributed by atoms with Crippen LogP contribution in [0, 0.1) is 5.82 Å². The Hall–Kier alpha value is -2.07. The van der Waals surface area contributed by atoms with Crippen LogP contribution in [0.15, 0.2) is 42.5 Å². The van der Waals surface area contributed by atoms with E-state index in [1.165, 1.54) is 6.07 Å². The standard InChI is InChI=1S/C17H20FNO2/c1-12(19-2)15-9-8-14(20-3)10-17(15)21-11-13-6-4-5-7-16(13)18/h4-10,12,19H,11H2,1-3H3. The number of hydrogen-bond donors (Lipinski definition) is 1. The maximum Gasteiger partial charge on any atom is 0.129 e. The van der Waals surface area contributed by atoms with E-state index in [1.54, 1.807) is 25.3 Å². The van der Waals surface area contributed by atoms with E-state index in [-0.39, 0.29) is 18.5 Å². The SMILES string of the molecule is CNC(C)c1ccc(OC)cc1OCc1ccccc1F. The summed E-state index contributed by atoms with van der Waals surface area (Å²) in [4.78, 5) is 0. The Labute approximate surface area is 124 Å². The molecule has 0 amide bonds. The summed E-state index contributed by atoms with van der Waals surface area (Å²) in [6, 6.07) is 12.4. The normalized spacial score (nSPS) is 12.0. The van der Waals surface area contributed by atoms with Gasteiger partial charge in [0.2, 0.25) is 0 Å². The van der Waals surface area contributed by atoms with Crippen molar-refractivity contribution in [1.82, 2.24) is 5.32 Å². The molecule has 2 aromatic carbocycles. The molecule has 1 unspecified atom stereocenters. The first-order valence-corrected chi connectivity index (χ1v) is 6.87. The highest BCUT2D eigenvalue weighted by atomic mass is 19.1. The minimum Gasteiger partial charge on any atom is -0.497 e. The van der Waals surface area contributed by atoms with Gasteiger partial charge in [-0.05, 0) is 26.1 Å². The first-order chi connectivity index (χ1) is 10.2. The van der Waals surface area contributed by atoms with Crippen LogP contribution in [0.3, 0.4) is 0 Å². The lowest BCUT2D eigenvalue weighted by molar-refractivity contribution is 0.292. The average Bonchev–Trinajstić information content (AvgIpc) is 2.53. The predicted molar refractivity (Wildman–Crippen MR) is 81.2 cm³/mol. The van der Waals surface area contributed by atoms with Crippen LogP contribution in [0.1, 0.15) is 24.1 Å². The number of benzene rings is 2. The second kappa shape index (κ2) is 7.09. The summed E-state index contributed by atoms with van der Waals surface area (Å²) >= 11 is 0. The van der Waals surface area contributed by atoms with E-state index in [2.05, 4.69) is 5.32 Å². The molecule has 0 aliphatic carbocycles. The minimum atomic E-state index is -0.261. The number of rotatable bonds is 6. The van der Waals surface area contributed by atoms with E-state index in [1.807, 2.05) is 32.2 Å². The third-order valence-electron chi connectivity index (χ3n) is 3.46. The molecule has 0 bridgehead atoms. The summed E-state index contributed by atoms with van der Waals surface area (Å²) in [5, 5.41) is 3.17. The van der Waals surface area contributed by atoms with Gasteiger partial charge in [-0.2, -0.15) is 0 Å². The molecule has 0 saturated heterocycles. The van der Waals surface area contributed by atoms with Crippen molar-refractivity contribution < 1.29 is 13.9 Å². The van der Waals surface area contributed by atoms with E-state index in [0.29, 0.717) is 17.1 Å². The number of ether oxygens (including phenoxy) is 2. The fraction of sp³-hybridized carbons (Fsp3) is 0.294. The average molecular weight is 289 g/mol. The number of halogens is 1. The van der Waals surface area contributed by atoms with Crippen molar-refractivity contribution >= 4 is 0 Å². The maximum atomic E-state index is 13.6. The first-order valence-electron chi connectivity index (χ1n) is 6.87. The quantitative estimate of drug-likeness (QED) is 0.879. The monoisotopic (exact) mass is 289 g/mol. The zero-order chi connectivity index (χ0) is 15.2. The molecular formula is C17H20FNO2. The summed E-state index contributed by atoms with van der Waals surface area (Å²) in [6.07, 6.45) is 0.